The maximum absolute atomic E-state index is 14.6. The fourth-order valence-corrected chi connectivity index (χ4v) is 7.23. The molecule has 0 unspecified atom stereocenters. The highest BCUT2D eigenvalue weighted by atomic mass is 35.5. The summed E-state index contributed by atoms with van der Waals surface area (Å²) in [7, 11) is 0. The molecule has 7 rings (SSSR count). The van der Waals surface area contributed by atoms with Gasteiger partial charge in [-0.2, -0.15) is 0 Å². The SMILES string of the molecule is O=C1[C@@H]2[C@H]3CCCN3[C@]3(C(=O)N(Cc4ccccc4)c4ccccc43)[C@@H]2C(=O)N1c1ccc(Cl)cc1. The topological polar surface area (TPSA) is 60.9 Å². The normalized spacial score (nSPS) is 28.8. The smallest absolute Gasteiger partial charge is 0.253 e. The average Bonchev–Trinajstić information content (AvgIpc) is 3.60. The van der Waals surface area contributed by atoms with E-state index in [0.717, 1.165) is 29.7 Å². The van der Waals surface area contributed by atoms with Crippen LogP contribution in [0.15, 0.2) is 78.9 Å². The minimum absolute atomic E-state index is 0.106. The molecule has 3 aromatic rings. The lowest BCUT2D eigenvalue weighted by molar-refractivity contribution is -0.137. The first-order chi connectivity index (χ1) is 17.5. The second-order valence-electron chi connectivity index (χ2n) is 10.1. The standard InChI is InChI=1S/C29H24ClN3O3/c30-19-12-14-20(15-13-19)33-26(34)24-23-11-6-16-32(23)29(25(24)27(33)35)21-9-4-5-10-22(21)31(28(29)36)17-18-7-2-1-3-8-18/h1-5,7-10,12-15,23-25H,6,11,16-17H2/t23-,24-,25+,29+/m1/s1. The van der Waals surface area contributed by atoms with Gasteiger partial charge < -0.3 is 4.90 Å². The molecule has 4 heterocycles. The fraction of sp³-hybridized carbons (Fsp3) is 0.276. The van der Waals surface area contributed by atoms with Crippen molar-refractivity contribution in [3.8, 4) is 0 Å². The van der Waals surface area contributed by atoms with Gasteiger partial charge in [0.15, 0.2) is 0 Å². The van der Waals surface area contributed by atoms with Gasteiger partial charge in [-0.25, -0.2) is 4.90 Å². The Morgan fingerprint density at radius 1 is 0.861 bits per heavy atom. The van der Waals surface area contributed by atoms with Gasteiger partial charge in [0.05, 0.1) is 24.1 Å². The third-order valence-corrected chi connectivity index (χ3v) is 8.66. The highest BCUT2D eigenvalue weighted by Gasteiger charge is 2.75. The van der Waals surface area contributed by atoms with E-state index in [2.05, 4.69) is 4.90 Å². The Balaban J connectivity index is 1.39. The molecule has 4 aliphatic rings. The first-order valence-electron chi connectivity index (χ1n) is 12.4. The highest BCUT2D eigenvalue weighted by Crippen LogP contribution is 2.62. The number of para-hydroxylation sites is 1. The summed E-state index contributed by atoms with van der Waals surface area (Å²) in [4.78, 5) is 47.9. The van der Waals surface area contributed by atoms with Gasteiger partial charge in [-0.3, -0.25) is 19.3 Å². The van der Waals surface area contributed by atoms with Gasteiger partial charge in [-0.1, -0.05) is 60.1 Å². The number of imide groups is 1. The summed E-state index contributed by atoms with van der Waals surface area (Å²) in [6.07, 6.45) is 1.69. The first kappa shape index (κ1) is 21.8. The Hall–Kier alpha value is -3.48. The number of rotatable bonds is 3. The Morgan fingerprint density at radius 2 is 1.58 bits per heavy atom. The largest absolute Gasteiger partial charge is 0.306 e. The third kappa shape index (κ3) is 2.69. The summed E-state index contributed by atoms with van der Waals surface area (Å²) in [5, 5.41) is 0.535. The van der Waals surface area contributed by atoms with E-state index in [1.807, 2.05) is 59.5 Å². The molecule has 7 heteroatoms. The van der Waals surface area contributed by atoms with E-state index in [4.69, 9.17) is 11.6 Å². The molecule has 3 aromatic carbocycles. The van der Waals surface area contributed by atoms with Crippen molar-refractivity contribution in [1.29, 1.82) is 0 Å². The Morgan fingerprint density at radius 3 is 2.36 bits per heavy atom. The molecular formula is C29H24ClN3O3. The van der Waals surface area contributed by atoms with Crippen molar-refractivity contribution in [3.63, 3.8) is 0 Å². The molecule has 6 nitrogen and oxygen atoms in total. The average molecular weight is 498 g/mol. The Labute approximate surface area is 214 Å². The lowest BCUT2D eigenvalue weighted by atomic mass is 9.75. The second-order valence-corrected chi connectivity index (χ2v) is 10.5. The van der Waals surface area contributed by atoms with Crippen LogP contribution < -0.4 is 9.80 Å². The molecule has 3 amide bonds. The molecule has 3 saturated heterocycles. The van der Waals surface area contributed by atoms with Crippen LogP contribution >= 0.6 is 11.6 Å². The third-order valence-electron chi connectivity index (χ3n) is 8.41. The van der Waals surface area contributed by atoms with Gasteiger partial charge in [-0.15, -0.1) is 0 Å². The zero-order chi connectivity index (χ0) is 24.6. The zero-order valence-corrected chi connectivity index (χ0v) is 20.3. The summed E-state index contributed by atoms with van der Waals surface area (Å²) in [6, 6.07) is 24.3. The molecule has 0 aliphatic carbocycles. The summed E-state index contributed by atoms with van der Waals surface area (Å²) in [5.41, 5.74) is 2.00. The van der Waals surface area contributed by atoms with Gasteiger partial charge in [0.1, 0.15) is 5.54 Å². The van der Waals surface area contributed by atoms with Crippen molar-refractivity contribution in [1.82, 2.24) is 4.90 Å². The van der Waals surface area contributed by atoms with Gasteiger partial charge >= 0.3 is 0 Å². The van der Waals surface area contributed by atoms with Crippen molar-refractivity contribution >= 4 is 40.7 Å². The maximum Gasteiger partial charge on any atom is 0.253 e. The van der Waals surface area contributed by atoms with Crippen molar-refractivity contribution in [2.45, 2.75) is 31.0 Å². The molecule has 4 aliphatic heterocycles. The van der Waals surface area contributed by atoms with Gasteiger partial charge in [0.25, 0.3) is 5.91 Å². The first-order valence-corrected chi connectivity index (χ1v) is 12.8. The monoisotopic (exact) mass is 497 g/mol. The van der Waals surface area contributed by atoms with Crippen molar-refractivity contribution in [3.05, 3.63) is 95.0 Å². The van der Waals surface area contributed by atoms with E-state index in [1.165, 1.54) is 4.90 Å². The number of halogens is 1. The van der Waals surface area contributed by atoms with Gasteiger partial charge in [0.2, 0.25) is 11.8 Å². The minimum Gasteiger partial charge on any atom is -0.306 e. The zero-order valence-electron chi connectivity index (χ0n) is 19.5. The molecule has 180 valence electrons. The molecule has 0 aromatic heterocycles. The number of amides is 3. The summed E-state index contributed by atoms with van der Waals surface area (Å²) in [6.45, 7) is 1.11. The highest BCUT2D eigenvalue weighted by molar-refractivity contribution is 6.31. The number of anilines is 2. The van der Waals surface area contributed by atoms with E-state index < -0.39 is 17.4 Å². The van der Waals surface area contributed by atoms with E-state index in [1.54, 1.807) is 24.3 Å². The number of hydrogen-bond donors (Lipinski definition) is 0. The number of benzene rings is 3. The minimum atomic E-state index is -1.18. The number of nitrogens with zero attached hydrogens (tertiary/aromatic N) is 3. The summed E-state index contributed by atoms with van der Waals surface area (Å²) in [5.74, 6) is -1.94. The van der Waals surface area contributed by atoms with Crippen LogP contribution in [0.1, 0.15) is 24.0 Å². The van der Waals surface area contributed by atoms with E-state index >= 15 is 0 Å². The van der Waals surface area contributed by atoms with Crippen molar-refractivity contribution in [2.75, 3.05) is 16.3 Å². The van der Waals surface area contributed by atoms with Crippen molar-refractivity contribution in [2.24, 2.45) is 11.8 Å². The fourth-order valence-electron chi connectivity index (χ4n) is 7.11. The lowest BCUT2D eigenvalue weighted by Crippen LogP contribution is -2.55. The lowest BCUT2D eigenvalue weighted by Gasteiger charge is -2.37. The van der Waals surface area contributed by atoms with Crippen LogP contribution in [-0.2, 0) is 26.5 Å². The molecule has 36 heavy (non-hydrogen) atoms. The molecule has 1 spiro atoms. The van der Waals surface area contributed by atoms with Crippen LogP contribution in [0.4, 0.5) is 11.4 Å². The number of fused-ring (bicyclic) bond motifs is 7. The molecule has 0 saturated carbocycles. The number of hydrogen-bond acceptors (Lipinski definition) is 4. The molecule has 0 bridgehead atoms. The molecule has 0 radical (unpaired) electrons. The molecule has 3 fully saturated rings. The maximum atomic E-state index is 14.6. The van der Waals surface area contributed by atoms with Gasteiger partial charge in [0, 0.05) is 22.3 Å². The van der Waals surface area contributed by atoms with Crippen LogP contribution in [0.5, 0.6) is 0 Å². The number of carbonyl (C=O) groups excluding carboxylic acids is 3. The van der Waals surface area contributed by atoms with Crippen LogP contribution in [0, 0.1) is 11.8 Å². The summed E-state index contributed by atoms with van der Waals surface area (Å²) >= 11 is 6.07. The summed E-state index contributed by atoms with van der Waals surface area (Å²) < 4.78 is 0. The van der Waals surface area contributed by atoms with E-state index in [9.17, 15) is 14.4 Å². The predicted molar refractivity (Wildman–Crippen MR) is 136 cm³/mol. The van der Waals surface area contributed by atoms with Crippen LogP contribution in [0.3, 0.4) is 0 Å². The van der Waals surface area contributed by atoms with Crippen LogP contribution in [-0.4, -0.2) is 35.2 Å². The van der Waals surface area contributed by atoms with Crippen LogP contribution in [0.2, 0.25) is 5.02 Å². The van der Waals surface area contributed by atoms with E-state index in [0.29, 0.717) is 23.8 Å². The quantitative estimate of drug-likeness (QED) is 0.504. The molecular weight excluding hydrogens is 474 g/mol. The second kappa shape index (κ2) is 7.76. The Bertz CT molecular complexity index is 1410. The predicted octanol–water partition coefficient (Wildman–Crippen LogP) is 4.37. The van der Waals surface area contributed by atoms with E-state index in [-0.39, 0.29) is 23.8 Å². The van der Waals surface area contributed by atoms with Gasteiger partial charge in [-0.05, 0) is 55.3 Å². The molecule has 4 atom stereocenters. The Kier molecular flexibility index (Phi) is 4.69. The molecule has 0 N–H and O–H groups in total. The number of carbonyl (C=O) groups is 3. The van der Waals surface area contributed by atoms with Crippen LogP contribution in [0.25, 0.3) is 0 Å². The van der Waals surface area contributed by atoms with Crippen molar-refractivity contribution < 1.29 is 14.4 Å².